The van der Waals surface area contributed by atoms with E-state index < -0.39 is 9.84 Å². The number of benzene rings is 1. The van der Waals surface area contributed by atoms with Crippen molar-refractivity contribution in [2.75, 3.05) is 11.5 Å². The third kappa shape index (κ3) is 3.16. The van der Waals surface area contributed by atoms with Gasteiger partial charge in [-0.1, -0.05) is 25.1 Å². The molecule has 5 heteroatoms. The molecule has 2 aromatic rings. The molecule has 0 fully saturated rings. The molecule has 1 N–H and O–H groups in total. The Kier molecular flexibility index (Phi) is 4.27. The highest BCUT2D eigenvalue weighted by Crippen LogP contribution is 2.20. The van der Waals surface area contributed by atoms with E-state index in [0.717, 1.165) is 16.5 Å². The summed E-state index contributed by atoms with van der Waals surface area (Å²) in [5, 5.41) is 10.4. The molecule has 0 atom stereocenters. The topological polar surface area (TPSA) is 59.3 Å². The molecule has 2 rings (SSSR count). The van der Waals surface area contributed by atoms with Crippen molar-refractivity contribution in [1.82, 2.24) is 4.57 Å². The highest BCUT2D eigenvalue weighted by molar-refractivity contribution is 7.91. The van der Waals surface area contributed by atoms with Gasteiger partial charge in [-0.25, -0.2) is 8.42 Å². The van der Waals surface area contributed by atoms with Crippen molar-refractivity contribution in [3.63, 3.8) is 0 Å². The third-order valence-corrected chi connectivity index (χ3v) is 5.04. The van der Waals surface area contributed by atoms with E-state index in [1.807, 2.05) is 42.0 Å². The fourth-order valence-electron chi connectivity index (χ4n) is 2.31. The summed E-state index contributed by atoms with van der Waals surface area (Å²) in [6, 6.07) is 7.66. The second-order valence-electron chi connectivity index (χ2n) is 4.67. The number of aliphatic hydroxyl groups excluding tert-OH is 1. The van der Waals surface area contributed by atoms with Crippen molar-refractivity contribution in [1.29, 1.82) is 0 Å². The molecule has 4 nitrogen and oxygen atoms in total. The molecule has 0 bridgehead atoms. The van der Waals surface area contributed by atoms with E-state index in [4.69, 9.17) is 0 Å². The minimum Gasteiger partial charge on any atom is -0.392 e. The van der Waals surface area contributed by atoms with Gasteiger partial charge < -0.3 is 9.67 Å². The lowest BCUT2D eigenvalue weighted by atomic mass is 10.1. The van der Waals surface area contributed by atoms with E-state index in [9.17, 15) is 13.5 Å². The number of sulfone groups is 1. The predicted octanol–water partition coefficient (Wildman–Crippen LogP) is 1.96. The van der Waals surface area contributed by atoms with Crippen LogP contribution in [0.5, 0.6) is 0 Å². The largest absolute Gasteiger partial charge is 0.392 e. The number of rotatable bonds is 6. The highest BCUT2D eigenvalue weighted by Gasteiger charge is 2.11. The van der Waals surface area contributed by atoms with Gasteiger partial charge in [0.05, 0.1) is 17.9 Å². The maximum Gasteiger partial charge on any atom is 0.152 e. The Morgan fingerprint density at radius 2 is 2.00 bits per heavy atom. The Balaban J connectivity index is 2.27. The fraction of sp³-hybridized carbons (Fsp3) is 0.429. The van der Waals surface area contributed by atoms with Crippen molar-refractivity contribution in [3.8, 4) is 0 Å². The predicted molar refractivity (Wildman–Crippen MR) is 76.8 cm³/mol. The van der Waals surface area contributed by atoms with Crippen LogP contribution in [-0.4, -0.2) is 29.6 Å². The number of hydrogen-bond donors (Lipinski definition) is 1. The monoisotopic (exact) mass is 281 g/mol. The summed E-state index contributed by atoms with van der Waals surface area (Å²) in [5.74, 6) is 0.378. The first-order chi connectivity index (χ1) is 9.07. The van der Waals surface area contributed by atoms with Crippen LogP contribution < -0.4 is 0 Å². The Bertz CT molecular complexity index is 658. The lowest BCUT2D eigenvalue weighted by Gasteiger charge is -2.09. The number of para-hydroxylation sites is 1. The van der Waals surface area contributed by atoms with Crippen molar-refractivity contribution < 1.29 is 13.5 Å². The number of aliphatic hydroxyl groups is 1. The molecule has 0 aliphatic carbocycles. The molecule has 0 radical (unpaired) electrons. The summed E-state index contributed by atoms with van der Waals surface area (Å²) < 4.78 is 25.4. The lowest BCUT2D eigenvalue weighted by Crippen LogP contribution is -2.15. The van der Waals surface area contributed by atoms with E-state index >= 15 is 0 Å². The molecule has 0 spiro atoms. The van der Waals surface area contributed by atoms with Crippen LogP contribution >= 0.6 is 0 Å². The summed E-state index contributed by atoms with van der Waals surface area (Å²) in [7, 11) is -2.98. The standard InChI is InChI=1S/C14H19NO3S/c1-2-9-19(17,18)10-8-15-7-6-12-4-3-5-13(11-16)14(12)15/h3-7,16H,2,8-11H2,1H3. The molecule has 1 heterocycles. The van der Waals surface area contributed by atoms with Crippen LogP contribution in [0.3, 0.4) is 0 Å². The molecular weight excluding hydrogens is 262 g/mol. The van der Waals surface area contributed by atoms with Gasteiger partial charge in [0, 0.05) is 24.1 Å². The second kappa shape index (κ2) is 5.75. The molecule has 1 aromatic heterocycles. The third-order valence-electron chi connectivity index (χ3n) is 3.20. The minimum atomic E-state index is -2.98. The van der Waals surface area contributed by atoms with Gasteiger partial charge in [-0.3, -0.25) is 0 Å². The van der Waals surface area contributed by atoms with Crippen molar-refractivity contribution in [2.24, 2.45) is 0 Å². The van der Waals surface area contributed by atoms with Crippen LogP contribution in [0.1, 0.15) is 18.9 Å². The first kappa shape index (κ1) is 14.1. The molecule has 0 aliphatic rings. The SMILES string of the molecule is CCCS(=O)(=O)CCn1ccc2cccc(CO)c21. The van der Waals surface area contributed by atoms with Crippen LogP contribution in [-0.2, 0) is 23.0 Å². The van der Waals surface area contributed by atoms with Gasteiger partial charge in [0.2, 0.25) is 0 Å². The van der Waals surface area contributed by atoms with Gasteiger partial charge in [-0.05, 0) is 17.9 Å². The molecule has 0 aliphatic heterocycles. The zero-order chi connectivity index (χ0) is 13.9. The van der Waals surface area contributed by atoms with Gasteiger partial charge in [-0.15, -0.1) is 0 Å². The Labute approximate surface area is 113 Å². The van der Waals surface area contributed by atoms with Crippen molar-refractivity contribution in [3.05, 3.63) is 36.0 Å². The average Bonchev–Trinajstić information content (AvgIpc) is 2.79. The molecular formula is C14H19NO3S. The molecule has 0 amide bonds. The molecule has 104 valence electrons. The second-order valence-corrected chi connectivity index (χ2v) is 6.98. The quantitative estimate of drug-likeness (QED) is 0.880. The summed E-state index contributed by atoms with van der Waals surface area (Å²) in [4.78, 5) is 0. The average molecular weight is 281 g/mol. The van der Waals surface area contributed by atoms with Gasteiger partial charge in [0.25, 0.3) is 0 Å². The van der Waals surface area contributed by atoms with Gasteiger partial charge >= 0.3 is 0 Å². The Morgan fingerprint density at radius 1 is 1.21 bits per heavy atom. The van der Waals surface area contributed by atoms with E-state index in [0.29, 0.717) is 13.0 Å². The van der Waals surface area contributed by atoms with Crippen molar-refractivity contribution >= 4 is 20.7 Å². The van der Waals surface area contributed by atoms with Crippen LogP contribution in [0.25, 0.3) is 10.9 Å². The van der Waals surface area contributed by atoms with Crippen LogP contribution in [0.2, 0.25) is 0 Å². The molecule has 0 saturated carbocycles. The van der Waals surface area contributed by atoms with E-state index in [1.54, 1.807) is 0 Å². The number of fused-ring (bicyclic) bond motifs is 1. The van der Waals surface area contributed by atoms with E-state index in [-0.39, 0.29) is 18.1 Å². The normalized spacial score (nSPS) is 12.1. The number of aromatic nitrogens is 1. The van der Waals surface area contributed by atoms with Crippen LogP contribution in [0.4, 0.5) is 0 Å². The first-order valence-electron chi connectivity index (χ1n) is 6.45. The highest BCUT2D eigenvalue weighted by atomic mass is 32.2. The Morgan fingerprint density at radius 3 is 2.68 bits per heavy atom. The number of hydrogen-bond acceptors (Lipinski definition) is 3. The van der Waals surface area contributed by atoms with Gasteiger partial charge in [0.1, 0.15) is 0 Å². The number of nitrogens with zero attached hydrogens (tertiary/aromatic N) is 1. The summed E-state index contributed by atoms with van der Waals surface area (Å²) in [6.07, 6.45) is 2.53. The smallest absolute Gasteiger partial charge is 0.152 e. The summed E-state index contributed by atoms with van der Waals surface area (Å²) >= 11 is 0. The van der Waals surface area contributed by atoms with E-state index in [2.05, 4.69) is 0 Å². The zero-order valence-electron chi connectivity index (χ0n) is 11.0. The molecule has 0 unspecified atom stereocenters. The molecule has 0 saturated heterocycles. The Hall–Kier alpha value is -1.33. The molecule has 19 heavy (non-hydrogen) atoms. The van der Waals surface area contributed by atoms with Gasteiger partial charge in [-0.2, -0.15) is 0 Å². The minimum absolute atomic E-state index is 0.0386. The fourth-order valence-corrected chi connectivity index (χ4v) is 3.61. The zero-order valence-corrected chi connectivity index (χ0v) is 11.9. The first-order valence-corrected chi connectivity index (χ1v) is 8.27. The number of aryl methyl sites for hydroxylation is 1. The van der Waals surface area contributed by atoms with Gasteiger partial charge in [0.15, 0.2) is 9.84 Å². The lowest BCUT2D eigenvalue weighted by molar-refractivity contribution is 0.283. The maximum absolute atomic E-state index is 11.8. The molecule has 1 aromatic carbocycles. The maximum atomic E-state index is 11.8. The summed E-state index contributed by atoms with van der Waals surface area (Å²) in [6.45, 7) is 2.26. The van der Waals surface area contributed by atoms with Crippen LogP contribution in [0, 0.1) is 0 Å². The van der Waals surface area contributed by atoms with Crippen molar-refractivity contribution in [2.45, 2.75) is 26.5 Å². The van der Waals surface area contributed by atoms with E-state index in [1.165, 1.54) is 0 Å². The van der Waals surface area contributed by atoms with Crippen LogP contribution in [0.15, 0.2) is 30.5 Å². The summed E-state index contributed by atoms with van der Waals surface area (Å²) in [5.41, 5.74) is 1.76.